The van der Waals surface area contributed by atoms with Gasteiger partial charge in [-0.05, 0) is 36.6 Å². The normalized spacial score (nSPS) is 21.9. The Balaban J connectivity index is 0.00000210. The van der Waals surface area contributed by atoms with Crippen LogP contribution in [0.2, 0.25) is 0 Å². The minimum Gasteiger partial charge on any atom is -0.447 e. The van der Waals surface area contributed by atoms with Crippen LogP contribution in [-0.2, 0) is 16.6 Å². The van der Waals surface area contributed by atoms with Crippen molar-refractivity contribution in [1.82, 2.24) is 19.5 Å². The Morgan fingerprint density at radius 3 is 2.74 bits per heavy atom. The van der Waals surface area contributed by atoms with E-state index in [4.69, 9.17) is 4.42 Å². The summed E-state index contributed by atoms with van der Waals surface area (Å²) in [6.07, 6.45) is 5.49. The molecule has 2 aromatic heterocycles. The third-order valence-corrected chi connectivity index (χ3v) is 6.85. The van der Waals surface area contributed by atoms with E-state index in [0.717, 1.165) is 38.0 Å². The number of nitrogens with zero attached hydrogens (tertiary/aromatic N) is 3. The molecule has 2 saturated heterocycles. The number of nitrogens with one attached hydrogen (secondary N) is 1. The number of halogens is 1. The van der Waals surface area contributed by atoms with Crippen LogP contribution >= 0.6 is 12.4 Å². The first kappa shape index (κ1) is 20.3. The molecule has 2 aromatic rings. The molecule has 4 heterocycles. The van der Waals surface area contributed by atoms with Gasteiger partial charge in [0.2, 0.25) is 5.09 Å². The Morgan fingerprint density at radius 1 is 1.19 bits per heavy atom. The number of rotatable bonds is 5. The largest absolute Gasteiger partial charge is 0.447 e. The molecule has 0 bridgehead atoms. The van der Waals surface area contributed by atoms with Gasteiger partial charge in [-0.1, -0.05) is 6.07 Å². The van der Waals surface area contributed by atoms with Crippen LogP contribution in [0, 0.1) is 0 Å². The number of hydrogen-bond acceptors (Lipinski definition) is 6. The fourth-order valence-electron chi connectivity index (χ4n) is 3.68. The molecule has 0 aromatic carbocycles. The van der Waals surface area contributed by atoms with Crippen molar-refractivity contribution in [2.45, 2.75) is 30.5 Å². The van der Waals surface area contributed by atoms with E-state index in [-0.39, 0.29) is 23.5 Å². The lowest BCUT2D eigenvalue weighted by atomic mass is 10.1. The molecule has 27 heavy (non-hydrogen) atoms. The fourth-order valence-corrected chi connectivity index (χ4v) is 5.12. The smallest absolute Gasteiger partial charge is 0.276 e. The molecular weight excluding hydrogens is 388 g/mol. The predicted molar refractivity (Wildman–Crippen MR) is 104 cm³/mol. The summed E-state index contributed by atoms with van der Waals surface area (Å²) < 4.78 is 32.5. The van der Waals surface area contributed by atoms with Gasteiger partial charge in [0, 0.05) is 51.2 Å². The molecule has 0 spiro atoms. The summed E-state index contributed by atoms with van der Waals surface area (Å²) in [5.41, 5.74) is 1.15. The van der Waals surface area contributed by atoms with Gasteiger partial charge in [0.15, 0.2) is 0 Å². The molecule has 0 saturated carbocycles. The zero-order valence-corrected chi connectivity index (χ0v) is 16.7. The Bertz CT molecular complexity index is 837. The predicted octanol–water partition coefficient (Wildman–Crippen LogP) is 2.03. The van der Waals surface area contributed by atoms with E-state index in [9.17, 15) is 8.42 Å². The Labute approximate surface area is 166 Å². The number of aromatic nitrogens is 1. The van der Waals surface area contributed by atoms with Gasteiger partial charge in [0.1, 0.15) is 5.76 Å². The van der Waals surface area contributed by atoms with Crippen molar-refractivity contribution in [2.75, 3.05) is 32.7 Å². The first-order valence-electron chi connectivity index (χ1n) is 9.08. The highest BCUT2D eigenvalue weighted by molar-refractivity contribution is 7.89. The maximum atomic E-state index is 12.6. The Hall–Kier alpha value is -1.45. The lowest BCUT2D eigenvalue weighted by molar-refractivity contribution is 0.140. The van der Waals surface area contributed by atoms with Gasteiger partial charge in [-0.15, -0.1) is 12.4 Å². The molecule has 9 heteroatoms. The average Bonchev–Trinajstić information content (AvgIpc) is 3.36. The summed E-state index contributed by atoms with van der Waals surface area (Å²) in [4.78, 5) is 6.52. The zero-order chi connectivity index (χ0) is 18.0. The van der Waals surface area contributed by atoms with E-state index in [2.05, 4.69) is 21.3 Å². The van der Waals surface area contributed by atoms with Crippen LogP contribution in [0.15, 0.2) is 46.2 Å². The van der Waals surface area contributed by atoms with Crippen LogP contribution in [-0.4, -0.2) is 55.3 Å². The minimum absolute atomic E-state index is 0. The summed E-state index contributed by atoms with van der Waals surface area (Å²) in [6, 6.07) is 7.58. The summed E-state index contributed by atoms with van der Waals surface area (Å²) in [5, 5.41) is 3.47. The summed E-state index contributed by atoms with van der Waals surface area (Å²) in [5.74, 6) is 0.679. The molecular formula is C18H25ClN4O3S. The van der Waals surface area contributed by atoms with Crippen LogP contribution in [0.25, 0.3) is 0 Å². The lowest BCUT2D eigenvalue weighted by Gasteiger charge is -2.35. The third-order valence-electron chi connectivity index (χ3n) is 5.08. The highest BCUT2D eigenvalue weighted by Gasteiger charge is 2.31. The lowest BCUT2D eigenvalue weighted by Crippen LogP contribution is -2.45. The van der Waals surface area contributed by atoms with Gasteiger partial charge in [-0.3, -0.25) is 9.88 Å². The minimum atomic E-state index is -3.50. The quantitative estimate of drug-likeness (QED) is 0.809. The van der Waals surface area contributed by atoms with E-state index < -0.39 is 10.0 Å². The van der Waals surface area contributed by atoms with Crippen LogP contribution in [0.1, 0.15) is 30.2 Å². The van der Waals surface area contributed by atoms with Crippen molar-refractivity contribution < 1.29 is 12.8 Å². The van der Waals surface area contributed by atoms with Gasteiger partial charge in [0.25, 0.3) is 10.0 Å². The monoisotopic (exact) mass is 412 g/mol. The summed E-state index contributed by atoms with van der Waals surface area (Å²) in [6.45, 7) is 4.35. The molecule has 0 aliphatic carbocycles. The second kappa shape index (κ2) is 8.70. The number of hydrogen-bond donors (Lipinski definition) is 1. The van der Waals surface area contributed by atoms with Gasteiger partial charge in [-0.25, -0.2) is 8.42 Å². The van der Waals surface area contributed by atoms with Crippen LogP contribution < -0.4 is 5.32 Å². The summed E-state index contributed by atoms with van der Waals surface area (Å²) in [7, 11) is -3.50. The van der Waals surface area contributed by atoms with E-state index in [0.29, 0.717) is 25.4 Å². The van der Waals surface area contributed by atoms with E-state index in [1.54, 1.807) is 18.3 Å². The van der Waals surface area contributed by atoms with E-state index in [1.165, 1.54) is 4.31 Å². The standard InChI is InChI=1S/C18H24N4O3S.ClH/c23-26(24,22-9-1-2-10-22)18-6-5-16(25-18)14-21-11-8-20-13-17(21)15-4-3-7-19-12-15;/h3-7,12,17,20H,1-2,8-11,13-14H2;1H. The molecule has 0 radical (unpaired) electrons. The first-order chi connectivity index (χ1) is 12.6. The zero-order valence-electron chi connectivity index (χ0n) is 15.1. The number of furan rings is 1. The number of piperazine rings is 1. The van der Waals surface area contributed by atoms with E-state index in [1.807, 2.05) is 12.3 Å². The topological polar surface area (TPSA) is 78.7 Å². The molecule has 1 N–H and O–H groups in total. The van der Waals surface area contributed by atoms with Crippen molar-refractivity contribution in [2.24, 2.45) is 0 Å². The SMILES string of the molecule is Cl.O=S(=O)(c1ccc(CN2CCNCC2c2cccnc2)o1)N1CCCC1. The van der Waals surface area contributed by atoms with Gasteiger partial charge in [-0.2, -0.15) is 4.31 Å². The second-order valence-corrected chi connectivity index (χ2v) is 8.68. The molecule has 2 aliphatic heterocycles. The molecule has 2 fully saturated rings. The van der Waals surface area contributed by atoms with Crippen molar-refractivity contribution in [1.29, 1.82) is 0 Å². The van der Waals surface area contributed by atoms with Crippen LogP contribution in [0.5, 0.6) is 0 Å². The Morgan fingerprint density at radius 2 is 2.00 bits per heavy atom. The molecule has 2 aliphatic rings. The molecule has 1 atom stereocenters. The average molecular weight is 413 g/mol. The first-order valence-corrected chi connectivity index (χ1v) is 10.5. The highest BCUT2D eigenvalue weighted by atomic mass is 35.5. The van der Waals surface area contributed by atoms with Gasteiger partial charge >= 0.3 is 0 Å². The maximum Gasteiger partial charge on any atom is 0.276 e. The third kappa shape index (κ3) is 4.35. The Kier molecular flexibility index (Phi) is 6.54. The molecule has 7 nitrogen and oxygen atoms in total. The summed E-state index contributed by atoms with van der Waals surface area (Å²) >= 11 is 0. The number of pyridine rings is 1. The van der Waals surface area contributed by atoms with Crippen LogP contribution in [0.4, 0.5) is 0 Å². The van der Waals surface area contributed by atoms with Crippen LogP contribution in [0.3, 0.4) is 0 Å². The molecule has 4 rings (SSSR count). The maximum absolute atomic E-state index is 12.6. The molecule has 1 unspecified atom stereocenters. The van der Waals surface area contributed by atoms with Crippen molar-refractivity contribution in [3.8, 4) is 0 Å². The second-order valence-electron chi connectivity index (χ2n) is 6.81. The van der Waals surface area contributed by atoms with Crippen molar-refractivity contribution >= 4 is 22.4 Å². The highest BCUT2D eigenvalue weighted by Crippen LogP contribution is 2.26. The van der Waals surface area contributed by atoms with Gasteiger partial charge < -0.3 is 9.73 Å². The van der Waals surface area contributed by atoms with Gasteiger partial charge in [0.05, 0.1) is 6.54 Å². The fraction of sp³-hybridized carbons (Fsp3) is 0.500. The van der Waals surface area contributed by atoms with Crippen molar-refractivity contribution in [3.05, 3.63) is 48.0 Å². The van der Waals surface area contributed by atoms with Crippen molar-refractivity contribution in [3.63, 3.8) is 0 Å². The number of sulfonamides is 1. The molecule has 148 valence electrons. The van der Waals surface area contributed by atoms with E-state index >= 15 is 0 Å². The molecule has 0 amide bonds.